The standard InChI is InChI=1S/C16H25NO3S/c1-3-4-5-10-21(18,19)15-9-7-12-6-8-13(20-2)11-14(12)16(15)17/h6,8,11,15-16H,3-5,7,9-10,17H2,1-2H3. The summed E-state index contributed by atoms with van der Waals surface area (Å²) in [5.74, 6) is 0.978. The summed E-state index contributed by atoms with van der Waals surface area (Å²) in [7, 11) is -1.53. The highest BCUT2D eigenvalue weighted by Gasteiger charge is 2.35. The van der Waals surface area contributed by atoms with Gasteiger partial charge >= 0.3 is 0 Å². The maximum atomic E-state index is 12.5. The van der Waals surface area contributed by atoms with Crippen LogP contribution in [0, 0.1) is 0 Å². The van der Waals surface area contributed by atoms with Crippen LogP contribution in [0.3, 0.4) is 0 Å². The molecule has 0 heterocycles. The van der Waals surface area contributed by atoms with Crippen molar-refractivity contribution in [1.82, 2.24) is 0 Å². The Morgan fingerprint density at radius 1 is 1.33 bits per heavy atom. The second-order valence-corrected chi connectivity index (χ2v) is 8.08. The van der Waals surface area contributed by atoms with E-state index in [0.717, 1.165) is 42.6 Å². The molecular formula is C16H25NO3S. The highest BCUT2D eigenvalue weighted by Crippen LogP contribution is 2.35. The topological polar surface area (TPSA) is 69.4 Å². The van der Waals surface area contributed by atoms with Crippen molar-refractivity contribution in [2.24, 2.45) is 5.73 Å². The smallest absolute Gasteiger partial charge is 0.155 e. The second-order valence-electron chi connectivity index (χ2n) is 5.74. The Morgan fingerprint density at radius 3 is 2.76 bits per heavy atom. The summed E-state index contributed by atoms with van der Waals surface area (Å²) in [6.45, 7) is 2.07. The summed E-state index contributed by atoms with van der Waals surface area (Å²) in [5.41, 5.74) is 8.33. The molecule has 0 fully saturated rings. The van der Waals surface area contributed by atoms with Crippen molar-refractivity contribution < 1.29 is 13.2 Å². The van der Waals surface area contributed by atoms with Crippen LogP contribution in [-0.2, 0) is 16.3 Å². The van der Waals surface area contributed by atoms with Crippen molar-refractivity contribution in [2.45, 2.75) is 50.3 Å². The van der Waals surface area contributed by atoms with Gasteiger partial charge in [0.2, 0.25) is 0 Å². The Morgan fingerprint density at radius 2 is 2.10 bits per heavy atom. The monoisotopic (exact) mass is 311 g/mol. The van der Waals surface area contributed by atoms with Crippen molar-refractivity contribution in [3.63, 3.8) is 0 Å². The number of fused-ring (bicyclic) bond motifs is 1. The fraction of sp³-hybridized carbons (Fsp3) is 0.625. The maximum Gasteiger partial charge on any atom is 0.155 e. The number of unbranched alkanes of at least 4 members (excludes halogenated alkanes) is 2. The van der Waals surface area contributed by atoms with E-state index in [2.05, 4.69) is 6.92 Å². The van der Waals surface area contributed by atoms with Crippen molar-refractivity contribution >= 4 is 9.84 Å². The third-order valence-electron chi connectivity index (χ3n) is 4.30. The number of aryl methyl sites for hydroxylation is 1. The van der Waals surface area contributed by atoms with Gasteiger partial charge in [-0.2, -0.15) is 0 Å². The molecule has 0 amide bonds. The average molecular weight is 311 g/mol. The predicted octanol–water partition coefficient (Wildman–Crippen LogP) is 2.61. The van der Waals surface area contributed by atoms with E-state index in [1.54, 1.807) is 7.11 Å². The van der Waals surface area contributed by atoms with Gasteiger partial charge < -0.3 is 10.5 Å². The SMILES string of the molecule is CCCCCS(=O)(=O)C1CCc2ccc(OC)cc2C1N. The molecule has 1 aliphatic rings. The third kappa shape index (κ3) is 3.58. The highest BCUT2D eigenvalue weighted by molar-refractivity contribution is 7.92. The normalized spacial score (nSPS) is 21.9. The second kappa shape index (κ2) is 6.79. The van der Waals surface area contributed by atoms with Gasteiger partial charge in [0.25, 0.3) is 0 Å². The summed E-state index contributed by atoms with van der Waals surface area (Å²) in [6, 6.07) is 5.33. The zero-order valence-electron chi connectivity index (χ0n) is 12.8. The minimum Gasteiger partial charge on any atom is -0.497 e. The fourth-order valence-electron chi connectivity index (χ4n) is 3.02. The molecule has 0 aliphatic heterocycles. The van der Waals surface area contributed by atoms with E-state index in [9.17, 15) is 8.42 Å². The summed E-state index contributed by atoms with van der Waals surface area (Å²) in [4.78, 5) is 0. The van der Waals surface area contributed by atoms with Crippen LogP contribution in [-0.4, -0.2) is 26.5 Å². The lowest BCUT2D eigenvalue weighted by Crippen LogP contribution is -2.38. The van der Waals surface area contributed by atoms with Gasteiger partial charge in [-0.3, -0.25) is 0 Å². The molecule has 2 N–H and O–H groups in total. The van der Waals surface area contributed by atoms with Crippen molar-refractivity contribution in [2.75, 3.05) is 12.9 Å². The van der Waals surface area contributed by atoms with Crippen LogP contribution >= 0.6 is 0 Å². The number of ether oxygens (including phenoxy) is 1. The molecule has 21 heavy (non-hydrogen) atoms. The molecule has 1 aromatic rings. The summed E-state index contributed by atoms with van der Waals surface area (Å²) >= 11 is 0. The van der Waals surface area contributed by atoms with E-state index < -0.39 is 21.1 Å². The van der Waals surface area contributed by atoms with Crippen molar-refractivity contribution in [1.29, 1.82) is 0 Å². The molecule has 1 aromatic carbocycles. The molecule has 0 bridgehead atoms. The van der Waals surface area contributed by atoms with Gasteiger partial charge in [0.1, 0.15) is 5.75 Å². The number of benzene rings is 1. The average Bonchev–Trinajstić information content (AvgIpc) is 2.47. The lowest BCUT2D eigenvalue weighted by molar-refractivity contribution is 0.412. The first-order chi connectivity index (χ1) is 9.99. The molecule has 0 aromatic heterocycles. The number of hydrogen-bond acceptors (Lipinski definition) is 4. The zero-order chi connectivity index (χ0) is 15.5. The third-order valence-corrected chi connectivity index (χ3v) is 6.61. The summed E-state index contributed by atoms with van der Waals surface area (Å²) in [5, 5.41) is -0.464. The molecule has 0 saturated heterocycles. The van der Waals surface area contributed by atoms with Crippen LogP contribution in [0.2, 0.25) is 0 Å². The van der Waals surface area contributed by atoms with Crippen LogP contribution in [0.5, 0.6) is 5.75 Å². The molecule has 2 rings (SSSR count). The molecule has 0 spiro atoms. The molecule has 118 valence electrons. The predicted molar refractivity (Wildman–Crippen MR) is 85.3 cm³/mol. The zero-order valence-corrected chi connectivity index (χ0v) is 13.7. The largest absolute Gasteiger partial charge is 0.497 e. The van der Waals surface area contributed by atoms with E-state index in [-0.39, 0.29) is 5.75 Å². The minimum absolute atomic E-state index is 0.249. The van der Waals surface area contributed by atoms with Crippen LogP contribution in [0.15, 0.2) is 18.2 Å². The molecule has 4 nitrogen and oxygen atoms in total. The van der Waals surface area contributed by atoms with Crippen molar-refractivity contribution in [3.05, 3.63) is 29.3 Å². The molecular weight excluding hydrogens is 286 g/mol. The highest BCUT2D eigenvalue weighted by atomic mass is 32.2. The van der Waals surface area contributed by atoms with Gasteiger partial charge in [-0.25, -0.2) is 8.42 Å². The molecule has 0 radical (unpaired) electrons. The summed E-state index contributed by atoms with van der Waals surface area (Å²) in [6.07, 6.45) is 4.09. The van der Waals surface area contributed by atoms with Crippen LogP contribution in [0.25, 0.3) is 0 Å². The van der Waals surface area contributed by atoms with Gasteiger partial charge in [-0.15, -0.1) is 0 Å². The molecule has 2 unspecified atom stereocenters. The molecule has 5 heteroatoms. The van der Waals surface area contributed by atoms with Crippen molar-refractivity contribution in [3.8, 4) is 5.75 Å². The quantitative estimate of drug-likeness (QED) is 0.820. The van der Waals surface area contributed by atoms with Crippen LogP contribution in [0.1, 0.15) is 49.8 Å². The first-order valence-corrected chi connectivity index (χ1v) is 9.35. The molecule has 0 saturated carbocycles. The van der Waals surface area contributed by atoms with E-state index in [1.165, 1.54) is 0 Å². The Bertz CT molecular complexity index is 583. The number of hydrogen-bond donors (Lipinski definition) is 1. The molecule has 2 atom stereocenters. The lowest BCUT2D eigenvalue weighted by atomic mass is 9.87. The Balaban J connectivity index is 2.21. The van der Waals surface area contributed by atoms with E-state index >= 15 is 0 Å². The van der Waals surface area contributed by atoms with Gasteiger partial charge in [-0.1, -0.05) is 25.8 Å². The maximum absolute atomic E-state index is 12.5. The van der Waals surface area contributed by atoms with Crippen LogP contribution < -0.4 is 10.5 Å². The first-order valence-electron chi connectivity index (χ1n) is 7.63. The number of rotatable bonds is 6. The number of nitrogens with two attached hydrogens (primary N) is 1. The Kier molecular flexibility index (Phi) is 5.27. The van der Waals surface area contributed by atoms with Gasteiger partial charge in [0.05, 0.1) is 18.1 Å². The van der Waals surface area contributed by atoms with Gasteiger partial charge in [0.15, 0.2) is 9.84 Å². The van der Waals surface area contributed by atoms with E-state index in [4.69, 9.17) is 10.5 Å². The Labute approximate surface area is 127 Å². The molecule has 1 aliphatic carbocycles. The minimum atomic E-state index is -3.13. The van der Waals surface area contributed by atoms with E-state index in [1.807, 2.05) is 18.2 Å². The van der Waals surface area contributed by atoms with Gasteiger partial charge in [-0.05, 0) is 42.5 Å². The first kappa shape index (κ1) is 16.3. The lowest BCUT2D eigenvalue weighted by Gasteiger charge is -2.31. The number of methoxy groups -OCH3 is 1. The van der Waals surface area contributed by atoms with Gasteiger partial charge in [0, 0.05) is 6.04 Å². The Hall–Kier alpha value is -1.07. The van der Waals surface area contributed by atoms with Crippen LogP contribution in [0.4, 0.5) is 0 Å². The number of sulfone groups is 1. The summed E-state index contributed by atoms with van der Waals surface area (Å²) < 4.78 is 30.3. The van der Waals surface area contributed by atoms with E-state index in [0.29, 0.717) is 6.42 Å². The fourth-order valence-corrected chi connectivity index (χ4v) is 5.00.